The molecule has 0 saturated heterocycles. The fraction of sp³-hybridized carbons (Fsp3) is 0.938. The van der Waals surface area contributed by atoms with Crippen LogP contribution >= 0.6 is 0 Å². The highest BCUT2D eigenvalue weighted by Crippen LogP contribution is 2.42. The predicted octanol–water partition coefficient (Wildman–Crippen LogP) is 2.19. The van der Waals surface area contributed by atoms with Gasteiger partial charge in [-0.1, -0.05) is 26.7 Å². The van der Waals surface area contributed by atoms with Gasteiger partial charge in [0.2, 0.25) is 0 Å². The van der Waals surface area contributed by atoms with Gasteiger partial charge in [-0.3, -0.25) is 4.99 Å². The van der Waals surface area contributed by atoms with Gasteiger partial charge in [-0.2, -0.15) is 0 Å². The summed E-state index contributed by atoms with van der Waals surface area (Å²) >= 11 is 0. The molecule has 6 heteroatoms. The smallest absolute Gasteiger partial charge is 0.190 e. The Morgan fingerprint density at radius 1 is 1.23 bits per heavy atom. The van der Waals surface area contributed by atoms with Crippen LogP contribution in [0.5, 0.6) is 0 Å². The zero-order valence-electron chi connectivity index (χ0n) is 14.6. The lowest BCUT2D eigenvalue weighted by atomic mass is 9.78. The first-order valence-corrected chi connectivity index (χ1v) is 10.4. The lowest BCUT2D eigenvalue weighted by Crippen LogP contribution is -2.43. The molecular formula is C16H33N3O2S. The minimum Gasteiger partial charge on any atom is -0.356 e. The molecule has 0 unspecified atom stereocenters. The summed E-state index contributed by atoms with van der Waals surface area (Å²) < 4.78 is 22.2. The van der Waals surface area contributed by atoms with Crippen molar-refractivity contribution >= 4 is 15.8 Å². The molecule has 0 heterocycles. The van der Waals surface area contributed by atoms with E-state index in [9.17, 15) is 8.42 Å². The third-order valence-corrected chi connectivity index (χ3v) is 5.37. The van der Waals surface area contributed by atoms with Gasteiger partial charge in [-0.05, 0) is 37.0 Å². The lowest BCUT2D eigenvalue weighted by molar-refractivity contribution is 0.235. The third-order valence-electron chi connectivity index (χ3n) is 4.34. The fourth-order valence-electron chi connectivity index (χ4n) is 3.48. The molecule has 0 aliphatic heterocycles. The number of guanidine groups is 1. The second-order valence-corrected chi connectivity index (χ2v) is 9.40. The van der Waals surface area contributed by atoms with Crippen molar-refractivity contribution < 1.29 is 8.42 Å². The van der Waals surface area contributed by atoms with Crippen LogP contribution in [-0.4, -0.2) is 46.5 Å². The highest BCUT2D eigenvalue weighted by Gasteiger charge is 2.34. The Morgan fingerprint density at radius 2 is 1.86 bits per heavy atom. The first-order chi connectivity index (χ1) is 10.3. The summed E-state index contributed by atoms with van der Waals surface area (Å²) in [6.45, 7) is 6.16. The topological polar surface area (TPSA) is 70.6 Å². The molecule has 1 fully saturated rings. The van der Waals surface area contributed by atoms with Gasteiger partial charge in [0.05, 0.1) is 5.75 Å². The number of nitrogens with one attached hydrogen (secondary N) is 2. The van der Waals surface area contributed by atoms with Crippen LogP contribution in [0.1, 0.15) is 52.4 Å². The normalized spacial score (nSPS) is 18.7. The van der Waals surface area contributed by atoms with Crippen LogP contribution in [0.2, 0.25) is 0 Å². The number of hydrogen-bond donors (Lipinski definition) is 2. The van der Waals surface area contributed by atoms with Crippen molar-refractivity contribution in [3.8, 4) is 0 Å². The average Bonchev–Trinajstić information content (AvgIpc) is 2.84. The van der Waals surface area contributed by atoms with Crippen molar-refractivity contribution in [1.82, 2.24) is 10.6 Å². The van der Waals surface area contributed by atoms with Crippen LogP contribution in [-0.2, 0) is 9.84 Å². The molecule has 130 valence electrons. The van der Waals surface area contributed by atoms with Crippen molar-refractivity contribution in [2.75, 3.05) is 32.1 Å². The van der Waals surface area contributed by atoms with Crippen LogP contribution in [0.3, 0.4) is 0 Å². The predicted molar refractivity (Wildman–Crippen MR) is 94.0 cm³/mol. The Bertz CT molecular complexity index is 452. The van der Waals surface area contributed by atoms with E-state index in [1.165, 1.54) is 38.4 Å². The van der Waals surface area contributed by atoms with Gasteiger partial charge < -0.3 is 10.6 Å². The quantitative estimate of drug-likeness (QED) is 0.406. The standard InChI is InChI=1S/C16H33N3O2S/c1-14(2)12-16(8-5-6-9-16)13-19-15(17-3)18-10-7-11-22(4,20)21/h14H,5-13H2,1-4H3,(H2,17,18,19). The van der Waals surface area contributed by atoms with Crippen LogP contribution in [0.25, 0.3) is 0 Å². The molecule has 0 bridgehead atoms. The summed E-state index contributed by atoms with van der Waals surface area (Å²) in [7, 11) is -1.12. The van der Waals surface area contributed by atoms with Gasteiger partial charge in [0, 0.05) is 26.4 Å². The van der Waals surface area contributed by atoms with E-state index in [2.05, 4.69) is 29.5 Å². The summed E-state index contributed by atoms with van der Waals surface area (Å²) in [4.78, 5) is 4.24. The second-order valence-electron chi connectivity index (χ2n) is 7.14. The molecule has 0 aromatic heterocycles. The van der Waals surface area contributed by atoms with Gasteiger partial charge in [0.15, 0.2) is 5.96 Å². The summed E-state index contributed by atoms with van der Waals surface area (Å²) in [5.41, 5.74) is 0.401. The Labute approximate surface area is 136 Å². The van der Waals surface area contributed by atoms with Gasteiger partial charge in [-0.15, -0.1) is 0 Å². The average molecular weight is 332 g/mol. The molecule has 1 rings (SSSR count). The molecule has 0 spiro atoms. The minimum atomic E-state index is -2.88. The first kappa shape index (κ1) is 19.3. The van der Waals surface area contributed by atoms with Crippen molar-refractivity contribution in [1.29, 1.82) is 0 Å². The van der Waals surface area contributed by atoms with Crippen molar-refractivity contribution in [3.63, 3.8) is 0 Å². The van der Waals surface area contributed by atoms with E-state index in [4.69, 9.17) is 0 Å². The maximum atomic E-state index is 11.1. The molecule has 0 radical (unpaired) electrons. The molecule has 0 aromatic carbocycles. The summed E-state index contributed by atoms with van der Waals surface area (Å²) in [6, 6.07) is 0. The molecule has 2 N–H and O–H groups in total. The SMILES string of the molecule is CN=C(NCCCS(C)(=O)=O)NCC1(CC(C)C)CCCC1. The molecule has 0 atom stereocenters. The summed E-state index contributed by atoms with van der Waals surface area (Å²) in [5.74, 6) is 1.71. The zero-order chi connectivity index (χ0) is 16.6. The van der Waals surface area contributed by atoms with Gasteiger partial charge in [0.1, 0.15) is 9.84 Å². The number of aliphatic imine (C=N–C) groups is 1. The highest BCUT2D eigenvalue weighted by molar-refractivity contribution is 7.90. The molecule has 1 saturated carbocycles. The highest BCUT2D eigenvalue weighted by atomic mass is 32.2. The Balaban J connectivity index is 2.39. The van der Waals surface area contributed by atoms with Crippen LogP contribution in [0.4, 0.5) is 0 Å². The van der Waals surface area contributed by atoms with E-state index < -0.39 is 9.84 Å². The van der Waals surface area contributed by atoms with E-state index in [1.54, 1.807) is 7.05 Å². The van der Waals surface area contributed by atoms with Crippen LogP contribution < -0.4 is 10.6 Å². The van der Waals surface area contributed by atoms with E-state index >= 15 is 0 Å². The number of nitrogens with zero attached hydrogens (tertiary/aromatic N) is 1. The molecular weight excluding hydrogens is 298 g/mol. The largest absolute Gasteiger partial charge is 0.356 e. The second kappa shape index (κ2) is 8.75. The van der Waals surface area contributed by atoms with Gasteiger partial charge in [-0.25, -0.2) is 8.42 Å². The van der Waals surface area contributed by atoms with Gasteiger partial charge >= 0.3 is 0 Å². The van der Waals surface area contributed by atoms with Crippen molar-refractivity contribution in [3.05, 3.63) is 0 Å². The Morgan fingerprint density at radius 3 is 2.36 bits per heavy atom. The maximum Gasteiger partial charge on any atom is 0.190 e. The molecule has 1 aliphatic rings. The van der Waals surface area contributed by atoms with E-state index in [1.807, 2.05) is 0 Å². The van der Waals surface area contributed by atoms with Crippen LogP contribution in [0.15, 0.2) is 4.99 Å². The summed E-state index contributed by atoms with van der Waals surface area (Å²) in [6.07, 6.45) is 8.38. The summed E-state index contributed by atoms with van der Waals surface area (Å²) in [5, 5.41) is 6.66. The third kappa shape index (κ3) is 7.47. The Hall–Kier alpha value is -0.780. The zero-order valence-corrected chi connectivity index (χ0v) is 15.4. The molecule has 0 aromatic rings. The fourth-order valence-corrected chi connectivity index (χ4v) is 4.15. The molecule has 22 heavy (non-hydrogen) atoms. The number of rotatable bonds is 8. The Kier molecular flexibility index (Phi) is 7.66. The molecule has 1 aliphatic carbocycles. The molecule has 5 nitrogen and oxygen atoms in total. The first-order valence-electron chi connectivity index (χ1n) is 8.39. The van der Waals surface area contributed by atoms with Crippen LogP contribution in [0, 0.1) is 11.3 Å². The monoisotopic (exact) mass is 331 g/mol. The molecule has 0 amide bonds. The van der Waals surface area contributed by atoms with Crippen molar-refractivity contribution in [2.24, 2.45) is 16.3 Å². The van der Waals surface area contributed by atoms with Gasteiger partial charge in [0.25, 0.3) is 0 Å². The number of sulfone groups is 1. The number of hydrogen-bond acceptors (Lipinski definition) is 3. The maximum absolute atomic E-state index is 11.1. The lowest BCUT2D eigenvalue weighted by Gasteiger charge is -2.31. The minimum absolute atomic E-state index is 0.217. The van der Waals surface area contributed by atoms with E-state index in [0.29, 0.717) is 24.3 Å². The van der Waals surface area contributed by atoms with E-state index in [0.717, 1.165) is 12.5 Å². The van der Waals surface area contributed by atoms with E-state index in [-0.39, 0.29) is 5.75 Å². The van der Waals surface area contributed by atoms with Crippen molar-refractivity contribution in [2.45, 2.75) is 52.4 Å².